The van der Waals surface area contributed by atoms with Gasteiger partial charge in [0.2, 0.25) is 23.6 Å². The number of rotatable bonds is 32. The molecule has 2 heterocycles. The maximum absolute atomic E-state index is 12.5. The molecular weight excluding hydrogens is 1330 g/mol. The highest BCUT2D eigenvalue weighted by molar-refractivity contribution is 7.86. The van der Waals surface area contributed by atoms with Gasteiger partial charge in [0.05, 0.1) is 46.1 Å². The maximum Gasteiger partial charge on any atom is 0.266 e. The lowest BCUT2D eigenvalue weighted by Crippen LogP contribution is -2.29. The molecule has 0 saturated heterocycles. The van der Waals surface area contributed by atoms with Gasteiger partial charge in [-0.25, -0.2) is 0 Å². The molecular formula is C62H64N10O16S6. The van der Waals surface area contributed by atoms with E-state index in [0.717, 1.165) is 102 Å². The molecule has 7 aromatic carbocycles. The molecule has 494 valence electrons. The van der Waals surface area contributed by atoms with E-state index in [-0.39, 0.29) is 75.5 Å². The third-order valence-electron chi connectivity index (χ3n) is 14.8. The Kier molecular flexibility index (Phi) is 23.0. The van der Waals surface area contributed by atoms with E-state index in [0.29, 0.717) is 48.1 Å². The first-order valence-electron chi connectivity index (χ1n) is 29.2. The highest BCUT2D eigenvalue weighted by Crippen LogP contribution is 2.52. The Bertz CT molecular complexity index is 4130. The summed E-state index contributed by atoms with van der Waals surface area (Å²) in [5, 5.41) is 10.0. The second-order valence-corrected chi connectivity index (χ2v) is 29.0. The van der Waals surface area contributed by atoms with Crippen LogP contribution in [0.4, 0.5) is 45.5 Å². The van der Waals surface area contributed by atoms with Crippen molar-refractivity contribution in [2.24, 2.45) is 8.73 Å². The number of fused-ring (bicyclic) bond motifs is 2. The molecule has 0 radical (unpaired) electrons. The summed E-state index contributed by atoms with van der Waals surface area (Å²) < 4.78 is 145. The number of carbonyl (C=O) groups excluding carboxylic acids is 4. The van der Waals surface area contributed by atoms with Crippen molar-refractivity contribution in [1.29, 1.82) is 0 Å². The third kappa shape index (κ3) is 20.2. The maximum atomic E-state index is 12.5. The minimum absolute atomic E-state index is 0.0752. The summed E-state index contributed by atoms with van der Waals surface area (Å²) in [5.41, 5.74) is 13.3. The molecule has 1 aliphatic rings. The van der Waals surface area contributed by atoms with Crippen molar-refractivity contribution in [3.8, 4) is 22.3 Å². The van der Waals surface area contributed by atoms with Crippen LogP contribution in [0.15, 0.2) is 154 Å². The quantitative estimate of drug-likeness (QED) is 0.0183. The minimum Gasteiger partial charge on any atom is -0.355 e. The van der Waals surface area contributed by atoms with Crippen molar-refractivity contribution < 1.29 is 71.1 Å². The Labute approximate surface area is 550 Å². The zero-order valence-electron chi connectivity index (χ0n) is 50.0. The lowest BCUT2D eigenvalue weighted by atomic mass is 9.93. The van der Waals surface area contributed by atoms with Crippen LogP contribution in [0.1, 0.15) is 47.9 Å². The molecule has 0 atom stereocenters. The molecule has 1 aliphatic heterocycles. The van der Waals surface area contributed by atoms with Gasteiger partial charge in [0, 0.05) is 97.1 Å². The first-order chi connectivity index (χ1) is 44.7. The number of aromatic nitrogens is 2. The third-order valence-corrected chi connectivity index (χ3v) is 18.8. The van der Waals surface area contributed by atoms with Crippen LogP contribution in [0.2, 0.25) is 0 Å². The first-order valence-corrected chi connectivity index (χ1v) is 37.1. The van der Waals surface area contributed by atoms with Crippen LogP contribution in [0, 0.1) is 0 Å². The van der Waals surface area contributed by atoms with E-state index in [1.807, 2.05) is 155 Å². The van der Waals surface area contributed by atoms with Crippen molar-refractivity contribution in [3.63, 3.8) is 0 Å². The van der Waals surface area contributed by atoms with Gasteiger partial charge in [0.1, 0.15) is 22.4 Å². The van der Waals surface area contributed by atoms with E-state index in [9.17, 15) is 52.8 Å². The summed E-state index contributed by atoms with van der Waals surface area (Å²) in [6.45, 7) is -0.891. The van der Waals surface area contributed by atoms with Crippen molar-refractivity contribution in [2.75, 3.05) is 59.0 Å². The van der Waals surface area contributed by atoms with Crippen molar-refractivity contribution >= 4 is 144 Å². The molecule has 0 spiro atoms. The molecule has 94 heavy (non-hydrogen) atoms. The highest BCUT2D eigenvalue weighted by Gasteiger charge is 2.27. The summed E-state index contributed by atoms with van der Waals surface area (Å²) in [5.74, 6) is -3.90. The fourth-order valence-electron chi connectivity index (χ4n) is 10.2. The molecule has 0 aliphatic carbocycles. The first kappa shape index (κ1) is 69.6. The summed E-state index contributed by atoms with van der Waals surface area (Å²) >= 11 is 2.10. The molecule has 8 N–H and O–H groups in total. The smallest absolute Gasteiger partial charge is 0.266 e. The molecule has 26 nitrogen and oxygen atoms in total. The van der Waals surface area contributed by atoms with Gasteiger partial charge >= 0.3 is 0 Å². The molecule has 4 amide bonds. The average molecular weight is 1400 g/mol. The van der Waals surface area contributed by atoms with Crippen LogP contribution >= 0.6 is 11.7 Å². The predicted molar refractivity (Wildman–Crippen MR) is 360 cm³/mol. The number of anilines is 6. The van der Waals surface area contributed by atoms with E-state index in [1.165, 1.54) is 0 Å². The molecule has 0 fully saturated rings. The summed E-state index contributed by atoms with van der Waals surface area (Å²) in [4.78, 5) is 54.1. The Morgan fingerprint density at radius 2 is 0.574 bits per heavy atom. The van der Waals surface area contributed by atoms with Crippen molar-refractivity contribution in [2.45, 2.75) is 51.4 Å². The SMILES string of the molecule is O=C(CCc1ccc(N(c2ccc(CCC(=O)NCCS(=O)(=O)O)cc2)c2ccc(-c3c4c(c(-c5ccc(N(c6ccc(CCC(=O)NCCS(=O)(=O)O)cc6)c6ccc(CCC(=O)NCCS(=O)(=O)O)cc6)cc5)c5nsnc35)N=S=N4)cc2)cc1)NCCS(=O)(=O)O. The molecule has 9 rings (SSSR count). The van der Waals surface area contributed by atoms with Crippen LogP contribution in [-0.2, 0) is 96.7 Å². The largest absolute Gasteiger partial charge is 0.355 e. The second-order valence-electron chi connectivity index (χ2n) is 21.6. The summed E-state index contributed by atoms with van der Waals surface area (Å²) in [6.07, 6.45) is 1.70. The molecule has 32 heteroatoms. The van der Waals surface area contributed by atoms with Gasteiger partial charge in [-0.1, -0.05) is 72.8 Å². The van der Waals surface area contributed by atoms with Crippen LogP contribution in [0.3, 0.4) is 0 Å². The van der Waals surface area contributed by atoms with E-state index >= 15 is 0 Å². The minimum atomic E-state index is -4.23. The fourth-order valence-corrected chi connectivity index (χ4v) is 12.7. The van der Waals surface area contributed by atoms with E-state index in [4.69, 9.17) is 35.7 Å². The zero-order chi connectivity index (χ0) is 67.2. The Hall–Kier alpha value is -8.70. The standard InChI is InChI=1S/C62H64N10O16S6/c73-53(63-33-37-91(77,78)79)29-9-41-1-17-47(18-2-41)71(48-19-3-42(4-20-48)10-30-54(74)64-34-38-92(80,81)82)51-25-13-45(14-26-51)57-59-61(69-89-67-59)58(62-60(57)68-90-70-62)46-15-27-52(28-16-46)72(49-21-5-43(6-22-49)11-31-55(75)65-35-39-93(83,84)85)50-23-7-44(8-24-50)12-32-56(76)66-36-40-94(86,87)88/h1-8,13-28H,9-12,29-40H2,(H,63,73)(H,64,74)(H,65,75)(H,66,76)(H,77,78,79)(H,80,81,82)(H,83,84,85)(H,86,87,88). The fraction of sp³-hybridized carbons (Fsp3) is 0.258. The molecule has 0 bridgehead atoms. The van der Waals surface area contributed by atoms with Crippen molar-refractivity contribution in [1.82, 2.24) is 30.0 Å². The van der Waals surface area contributed by atoms with Gasteiger partial charge in [0.15, 0.2) is 0 Å². The van der Waals surface area contributed by atoms with Gasteiger partial charge in [-0.05, 0) is 132 Å². The monoisotopic (exact) mass is 1400 g/mol. The van der Waals surface area contributed by atoms with Crippen LogP contribution < -0.4 is 31.1 Å². The van der Waals surface area contributed by atoms with Gasteiger partial charge in [0.25, 0.3) is 40.5 Å². The Balaban J connectivity index is 0.981. The molecule has 0 saturated carbocycles. The van der Waals surface area contributed by atoms with E-state index in [1.54, 1.807) is 0 Å². The topological polar surface area (TPSA) is 391 Å². The Morgan fingerprint density at radius 3 is 0.798 bits per heavy atom. The van der Waals surface area contributed by atoms with E-state index in [2.05, 4.69) is 21.3 Å². The lowest BCUT2D eigenvalue weighted by Gasteiger charge is -2.26. The second kappa shape index (κ2) is 31.0. The molecule has 1 aromatic heterocycles. The number of carbonyl (C=O) groups is 4. The summed E-state index contributed by atoms with van der Waals surface area (Å²) in [6, 6.07) is 46.0. The predicted octanol–water partition coefficient (Wildman–Crippen LogP) is 8.44. The number of nitrogens with one attached hydrogen (secondary N) is 4. The highest BCUT2D eigenvalue weighted by atomic mass is 32.2. The average Bonchev–Trinajstić information content (AvgIpc) is 1.47. The normalized spacial score (nSPS) is 12.2. The van der Waals surface area contributed by atoms with Gasteiger partial charge < -0.3 is 31.1 Å². The Morgan fingerprint density at radius 1 is 0.351 bits per heavy atom. The molecule has 0 unspecified atom stereocenters. The molecule has 8 aromatic rings. The number of aryl methyl sites for hydroxylation is 4. The summed E-state index contributed by atoms with van der Waals surface area (Å²) in [7, 11) is -16.9. The van der Waals surface area contributed by atoms with Gasteiger partial charge in [-0.15, -0.1) is 0 Å². The van der Waals surface area contributed by atoms with Gasteiger partial charge in [-0.2, -0.15) is 51.1 Å². The number of benzene rings is 7. The van der Waals surface area contributed by atoms with Crippen molar-refractivity contribution in [3.05, 3.63) is 168 Å². The van der Waals surface area contributed by atoms with Crippen LogP contribution in [0.25, 0.3) is 33.3 Å². The number of amides is 4. The van der Waals surface area contributed by atoms with E-state index < -0.39 is 63.5 Å². The zero-order valence-corrected chi connectivity index (χ0v) is 54.9. The van der Waals surface area contributed by atoms with Crippen LogP contribution in [-0.4, -0.2) is 133 Å². The lowest BCUT2D eigenvalue weighted by molar-refractivity contribution is -0.121. The number of hydrogen-bond acceptors (Lipinski definition) is 19. The van der Waals surface area contributed by atoms with Gasteiger partial charge in [-0.3, -0.25) is 37.4 Å². The van der Waals surface area contributed by atoms with Crippen LogP contribution in [0.5, 0.6) is 0 Å². The number of hydrogen-bond donors (Lipinski definition) is 8. The number of nitrogens with zero attached hydrogens (tertiary/aromatic N) is 6.